The molecule has 1 atom stereocenters. The maximum Gasteiger partial charge on any atom is 0.223 e. The molecule has 0 fully saturated rings. The molecule has 118 valence electrons. The summed E-state index contributed by atoms with van der Waals surface area (Å²) in [5.41, 5.74) is 6.97. The smallest absolute Gasteiger partial charge is 0.223 e. The van der Waals surface area contributed by atoms with Crippen LogP contribution in [0.15, 0.2) is 24.3 Å². The van der Waals surface area contributed by atoms with E-state index in [4.69, 9.17) is 10.5 Å². The van der Waals surface area contributed by atoms with Crippen LogP contribution >= 0.6 is 0 Å². The van der Waals surface area contributed by atoms with Gasteiger partial charge in [-0.3, -0.25) is 4.79 Å². The van der Waals surface area contributed by atoms with Crippen molar-refractivity contribution in [1.82, 2.24) is 4.90 Å². The number of carbonyl (C=O) groups is 1. The third-order valence-corrected chi connectivity index (χ3v) is 3.63. The molecule has 0 heterocycles. The summed E-state index contributed by atoms with van der Waals surface area (Å²) in [7, 11) is 1.65. The molecular weight excluding hydrogens is 264 g/mol. The Morgan fingerprint density at radius 1 is 1.19 bits per heavy atom. The second kappa shape index (κ2) is 9.40. The van der Waals surface area contributed by atoms with Crippen LogP contribution in [0.4, 0.5) is 0 Å². The molecule has 0 aliphatic heterocycles. The van der Waals surface area contributed by atoms with Crippen LogP contribution < -0.4 is 10.5 Å². The van der Waals surface area contributed by atoms with Gasteiger partial charge in [-0.15, -0.1) is 0 Å². The first kappa shape index (κ1) is 17.5. The Hall–Kier alpha value is -1.55. The maximum absolute atomic E-state index is 12.4. The van der Waals surface area contributed by atoms with Gasteiger partial charge in [-0.25, -0.2) is 0 Å². The van der Waals surface area contributed by atoms with Gasteiger partial charge in [0.1, 0.15) is 5.75 Å². The van der Waals surface area contributed by atoms with Gasteiger partial charge in [-0.05, 0) is 37.1 Å². The fourth-order valence-corrected chi connectivity index (χ4v) is 2.45. The van der Waals surface area contributed by atoms with Crippen LogP contribution in [0.3, 0.4) is 0 Å². The predicted molar refractivity (Wildman–Crippen MR) is 86.6 cm³/mol. The van der Waals surface area contributed by atoms with Crippen molar-refractivity contribution in [3.8, 4) is 5.75 Å². The van der Waals surface area contributed by atoms with Crippen molar-refractivity contribution in [2.24, 2.45) is 5.73 Å². The number of methoxy groups -OCH3 is 1. The van der Waals surface area contributed by atoms with Gasteiger partial charge in [-0.2, -0.15) is 0 Å². The van der Waals surface area contributed by atoms with E-state index in [9.17, 15) is 4.79 Å². The Morgan fingerprint density at radius 2 is 1.76 bits per heavy atom. The van der Waals surface area contributed by atoms with Gasteiger partial charge in [-0.1, -0.05) is 26.0 Å². The number of nitrogens with zero attached hydrogens (tertiary/aromatic N) is 1. The number of rotatable bonds is 9. The van der Waals surface area contributed by atoms with E-state index in [-0.39, 0.29) is 11.8 Å². The zero-order valence-electron chi connectivity index (χ0n) is 13.5. The Labute approximate surface area is 128 Å². The highest BCUT2D eigenvalue weighted by Crippen LogP contribution is 2.22. The monoisotopic (exact) mass is 292 g/mol. The Morgan fingerprint density at radius 3 is 2.19 bits per heavy atom. The molecule has 0 saturated heterocycles. The van der Waals surface area contributed by atoms with Gasteiger partial charge in [0.05, 0.1) is 7.11 Å². The highest BCUT2D eigenvalue weighted by molar-refractivity contribution is 5.77. The molecule has 0 spiro atoms. The SMILES string of the molecule is CCCN(CCC)C(=O)CC(CN)c1ccc(OC)cc1. The predicted octanol–water partition coefficient (Wildman–Crippen LogP) is 2.78. The molecule has 0 aromatic heterocycles. The highest BCUT2D eigenvalue weighted by Gasteiger charge is 2.19. The maximum atomic E-state index is 12.4. The van der Waals surface area contributed by atoms with E-state index < -0.39 is 0 Å². The van der Waals surface area contributed by atoms with Gasteiger partial charge in [0.2, 0.25) is 5.91 Å². The molecule has 1 aromatic rings. The van der Waals surface area contributed by atoms with Gasteiger partial charge < -0.3 is 15.4 Å². The Kier molecular flexibility index (Phi) is 7.83. The molecule has 0 saturated carbocycles. The molecule has 0 aliphatic rings. The third kappa shape index (κ3) is 5.38. The fourth-order valence-electron chi connectivity index (χ4n) is 2.45. The van der Waals surface area contributed by atoms with Crippen molar-refractivity contribution >= 4 is 5.91 Å². The normalized spacial score (nSPS) is 12.0. The van der Waals surface area contributed by atoms with Crippen LogP contribution in [-0.2, 0) is 4.79 Å². The summed E-state index contributed by atoms with van der Waals surface area (Å²) < 4.78 is 5.16. The summed E-state index contributed by atoms with van der Waals surface area (Å²) in [6.45, 7) is 6.32. The minimum Gasteiger partial charge on any atom is -0.497 e. The molecule has 4 heteroatoms. The molecule has 1 rings (SSSR count). The Balaban J connectivity index is 2.72. The number of amides is 1. The van der Waals surface area contributed by atoms with Crippen LogP contribution in [0.5, 0.6) is 5.75 Å². The van der Waals surface area contributed by atoms with E-state index in [1.54, 1.807) is 7.11 Å². The van der Waals surface area contributed by atoms with Crippen LogP contribution in [-0.4, -0.2) is 37.6 Å². The first-order valence-corrected chi connectivity index (χ1v) is 7.78. The number of benzene rings is 1. The number of hydrogen-bond donors (Lipinski definition) is 1. The summed E-state index contributed by atoms with van der Waals surface area (Å²) in [5.74, 6) is 1.09. The number of ether oxygens (including phenoxy) is 1. The molecule has 1 unspecified atom stereocenters. The second-order valence-electron chi connectivity index (χ2n) is 5.29. The standard InChI is InChI=1S/C17H28N2O2/c1-4-10-19(11-5-2)17(20)12-15(13-18)14-6-8-16(21-3)9-7-14/h6-9,15H,4-5,10-13,18H2,1-3H3. The van der Waals surface area contributed by atoms with Crippen molar-refractivity contribution < 1.29 is 9.53 Å². The number of nitrogens with two attached hydrogens (primary N) is 1. The molecule has 0 aliphatic carbocycles. The Bertz CT molecular complexity index is 411. The summed E-state index contributed by atoms with van der Waals surface area (Å²) >= 11 is 0. The number of hydrogen-bond acceptors (Lipinski definition) is 3. The molecule has 4 nitrogen and oxygen atoms in total. The lowest BCUT2D eigenvalue weighted by molar-refractivity contribution is -0.131. The van der Waals surface area contributed by atoms with Crippen molar-refractivity contribution in [1.29, 1.82) is 0 Å². The van der Waals surface area contributed by atoms with E-state index in [1.807, 2.05) is 29.2 Å². The first-order valence-electron chi connectivity index (χ1n) is 7.78. The van der Waals surface area contributed by atoms with Crippen molar-refractivity contribution in [2.45, 2.75) is 39.0 Å². The lowest BCUT2D eigenvalue weighted by Crippen LogP contribution is -2.34. The van der Waals surface area contributed by atoms with Crippen LogP contribution in [0.2, 0.25) is 0 Å². The lowest BCUT2D eigenvalue weighted by Gasteiger charge is -2.24. The lowest BCUT2D eigenvalue weighted by atomic mass is 9.95. The van der Waals surface area contributed by atoms with Gasteiger partial charge in [0.15, 0.2) is 0 Å². The molecule has 0 radical (unpaired) electrons. The minimum absolute atomic E-state index is 0.0691. The third-order valence-electron chi connectivity index (χ3n) is 3.63. The van der Waals surface area contributed by atoms with E-state index in [1.165, 1.54) is 0 Å². The summed E-state index contributed by atoms with van der Waals surface area (Å²) in [4.78, 5) is 14.4. The summed E-state index contributed by atoms with van der Waals surface area (Å²) in [5, 5.41) is 0. The quantitative estimate of drug-likeness (QED) is 0.761. The highest BCUT2D eigenvalue weighted by atomic mass is 16.5. The van der Waals surface area contributed by atoms with Crippen LogP contribution in [0, 0.1) is 0 Å². The largest absolute Gasteiger partial charge is 0.497 e. The van der Waals surface area contributed by atoms with E-state index >= 15 is 0 Å². The van der Waals surface area contributed by atoms with Crippen LogP contribution in [0.25, 0.3) is 0 Å². The molecule has 1 amide bonds. The van der Waals surface area contributed by atoms with E-state index in [0.29, 0.717) is 13.0 Å². The van der Waals surface area contributed by atoms with Crippen molar-refractivity contribution in [3.63, 3.8) is 0 Å². The summed E-state index contributed by atoms with van der Waals surface area (Å²) in [6, 6.07) is 7.82. The van der Waals surface area contributed by atoms with Crippen LogP contribution in [0.1, 0.15) is 44.6 Å². The van der Waals surface area contributed by atoms with E-state index in [2.05, 4.69) is 13.8 Å². The van der Waals surface area contributed by atoms with Gasteiger partial charge in [0, 0.05) is 25.4 Å². The molecule has 0 bridgehead atoms. The average Bonchev–Trinajstić information content (AvgIpc) is 2.52. The zero-order valence-corrected chi connectivity index (χ0v) is 13.5. The fraction of sp³-hybridized carbons (Fsp3) is 0.588. The zero-order chi connectivity index (χ0) is 15.7. The van der Waals surface area contributed by atoms with Crippen molar-refractivity contribution in [3.05, 3.63) is 29.8 Å². The summed E-state index contributed by atoms with van der Waals surface area (Å²) in [6.07, 6.45) is 2.45. The second-order valence-corrected chi connectivity index (χ2v) is 5.29. The molecule has 2 N–H and O–H groups in total. The van der Waals surface area contributed by atoms with Crippen molar-refractivity contribution in [2.75, 3.05) is 26.7 Å². The van der Waals surface area contributed by atoms with Gasteiger partial charge in [0.25, 0.3) is 0 Å². The average molecular weight is 292 g/mol. The molecular formula is C17H28N2O2. The topological polar surface area (TPSA) is 55.6 Å². The number of carbonyl (C=O) groups excluding carboxylic acids is 1. The molecule has 21 heavy (non-hydrogen) atoms. The van der Waals surface area contributed by atoms with E-state index in [0.717, 1.165) is 37.2 Å². The van der Waals surface area contributed by atoms with Gasteiger partial charge >= 0.3 is 0 Å². The molecule has 1 aromatic carbocycles. The first-order chi connectivity index (χ1) is 10.2. The minimum atomic E-state index is 0.0691.